The van der Waals surface area contributed by atoms with E-state index >= 15 is 0 Å². The Bertz CT molecular complexity index is 201. The number of nitrogens with zero attached hydrogens (tertiary/aromatic N) is 2. The van der Waals surface area contributed by atoms with Crippen LogP contribution in [0.3, 0.4) is 0 Å². The summed E-state index contributed by atoms with van der Waals surface area (Å²) in [5.41, 5.74) is 0. The smallest absolute Gasteiger partial charge is 0.0950 e. The number of likely N-dealkylation sites (tertiary alicyclic amines) is 1. The van der Waals surface area contributed by atoms with Crippen LogP contribution < -0.4 is 0 Å². The fraction of sp³-hybridized carbons (Fsp3) is 1.00. The van der Waals surface area contributed by atoms with Crippen LogP contribution in [-0.2, 0) is 4.74 Å². The van der Waals surface area contributed by atoms with E-state index in [-0.39, 0.29) is 12.1 Å². The van der Waals surface area contributed by atoms with Gasteiger partial charge in [-0.15, -0.1) is 0 Å². The molecule has 4 heteroatoms. The molecular weight excluding hydrogens is 180 g/mol. The van der Waals surface area contributed by atoms with Gasteiger partial charge in [-0.25, -0.2) is 0 Å². The lowest BCUT2D eigenvalue weighted by Crippen LogP contribution is -2.47. The third kappa shape index (κ3) is 1.93. The molecule has 1 N–H and O–H groups in total. The molecular formula is C10H20N2O2. The van der Waals surface area contributed by atoms with Gasteiger partial charge in [-0.2, -0.15) is 0 Å². The first-order valence-electron chi connectivity index (χ1n) is 5.35. The van der Waals surface area contributed by atoms with Crippen molar-refractivity contribution < 1.29 is 9.84 Å². The van der Waals surface area contributed by atoms with Gasteiger partial charge in [0.1, 0.15) is 0 Å². The van der Waals surface area contributed by atoms with Gasteiger partial charge in [0, 0.05) is 12.6 Å². The monoisotopic (exact) mass is 200 g/mol. The highest BCUT2D eigenvalue weighted by atomic mass is 16.5. The Morgan fingerprint density at radius 2 is 2.21 bits per heavy atom. The number of hydrogen-bond donors (Lipinski definition) is 1. The molecule has 0 aromatic carbocycles. The maximum Gasteiger partial charge on any atom is 0.0950 e. The van der Waals surface area contributed by atoms with Crippen molar-refractivity contribution in [2.45, 2.75) is 24.6 Å². The molecule has 0 spiro atoms. The summed E-state index contributed by atoms with van der Waals surface area (Å²) in [5, 5.41) is 9.71. The number of rotatable bonds is 2. The summed E-state index contributed by atoms with van der Waals surface area (Å²) in [6, 6.07) is 0.785. The van der Waals surface area contributed by atoms with Crippen molar-refractivity contribution in [2.24, 2.45) is 0 Å². The number of aliphatic hydroxyl groups excluding tert-OH is 1. The number of ether oxygens (including phenoxy) is 1. The summed E-state index contributed by atoms with van der Waals surface area (Å²) in [6.07, 6.45) is 0.904. The van der Waals surface area contributed by atoms with Crippen molar-refractivity contribution in [2.75, 3.05) is 40.4 Å². The molecule has 2 aliphatic rings. The average molecular weight is 200 g/mol. The number of aliphatic hydroxyl groups is 1. The Kier molecular flexibility index (Phi) is 3.07. The lowest BCUT2D eigenvalue weighted by atomic mass is 10.1. The van der Waals surface area contributed by atoms with E-state index in [1.54, 1.807) is 0 Å². The molecule has 0 saturated carbocycles. The topological polar surface area (TPSA) is 35.9 Å². The lowest BCUT2D eigenvalue weighted by Gasteiger charge is -2.31. The van der Waals surface area contributed by atoms with Crippen molar-refractivity contribution in [3.8, 4) is 0 Å². The first-order chi connectivity index (χ1) is 6.68. The number of likely N-dealkylation sites (N-methyl/N-ethyl adjacent to an activating group) is 2. The van der Waals surface area contributed by atoms with Crippen LogP contribution in [0.15, 0.2) is 0 Å². The number of hydrogen-bond acceptors (Lipinski definition) is 4. The quantitative estimate of drug-likeness (QED) is 0.644. The van der Waals surface area contributed by atoms with Gasteiger partial charge in [0.25, 0.3) is 0 Å². The maximum atomic E-state index is 9.71. The molecule has 0 aliphatic carbocycles. The van der Waals surface area contributed by atoms with Crippen LogP contribution in [0.5, 0.6) is 0 Å². The first-order valence-corrected chi connectivity index (χ1v) is 5.35. The minimum atomic E-state index is -0.300. The van der Waals surface area contributed by atoms with Crippen molar-refractivity contribution in [3.63, 3.8) is 0 Å². The van der Waals surface area contributed by atoms with Gasteiger partial charge in [0.05, 0.1) is 25.4 Å². The summed E-state index contributed by atoms with van der Waals surface area (Å²) < 4.78 is 5.27. The molecule has 2 heterocycles. The normalized spacial score (nSPS) is 39.9. The molecule has 4 nitrogen and oxygen atoms in total. The molecule has 0 aromatic heterocycles. The molecule has 0 amide bonds. The Morgan fingerprint density at radius 3 is 2.71 bits per heavy atom. The molecule has 3 unspecified atom stereocenters. The van der Waals surface area contributed by atoms with Crippen LogP contribution in [-0.4, -0.2) is 73.5 Å². The van der Waals surface area contributed by atoms with Crippen LogP contribution in [0.4, 0.5) is 0 Å². The summed E-state index contributed by atoms with van der Waals surface area (Å²) >= 11 is 0. The molecule has 2 aliphatic heterocycles. The third-order valence-electron chi connectivity index (χ3n) is 3.49. The van der Waals surface area contributed by atoms with Gasteiger partial charge >= 0.3 is 0 Å². The van der Waals surface area contributed by atoms with Gasteiger partial charge in [-0.1, -0.05) is 0 Å². The van der Waals surface area contributed by atoms with Gasteiger partial charge in [-0.05, 0) is 27.1 Å². The van der Waals surface area contributed by atoms with E-state index in [1.807, 2.05) is 0 Å². The van der Waals surface area contributed by atoms with Gasteiger partial charge in [0.15, 0.2) is 0 Å². The van der Waals surface area contributed by atoms with Crippen LogP contribution in [0.25, 0.3) is 0 Å². The molecule has 0 aromatic rings. The second kappa shape index (κ2) is 4.14. The Morgan fingerprint density at radius 1 is 1.43 bits per heavy atom. The Hall–Kier alpha value is -0.160. The maximum absolute atomic E-state index is 9.71. The van der Waals surface area contributed by atoms with Crippen LogP contribution >= 0.6 is 0 Å². The summed E-state index contributed by atoms with van der Waals surface area (Å²) in [6.45, 7) is 3.45. The van der Waals surface area contributed by atoms with Gasteiger partial charge < -0.3 is 14.7 Å². The van der Waals surface area contributed by atoms with Crippen LogP contribution in [0, 0.1) is 0 Å². The van der Waals surface area contributed by atoms with Crippen molar-refractivity contribution in [1.29, 1.82) is 0 Å². The predicted octanol–water partition coefficient (Wildman–Crippen LogP) is -0.618. The minimum Gasteiger partial charge on any atom is -0.389 e. The highest BCUT2D eigenvalue weighted by Gasteiger charge is 2.35. The highest BCUT2D eigenvalue weighted by Crippen LogP contribution is 2.19. The molecule has 2 rings (SSSR count). The second-order valence-electron chi connectivity index (χ2n) is 4.54. The fourth-order valence-corrected chi connectivity index (χ4v) is 2.44. The Labute approximate surface area is 85.4 Å². The third-order valence-corrected chi connectivity index (χ3v) is 3.49. The van der Waals surface area contributed by atoms with E-state index in [0.29, 0.717) is 19.3 Å². The predicted molar refractivity (Wildman–Crippen MR) is 54.3 cm³/mol. The van der Waals surface area contributed by atoms with Crippen molar-refractivity contribution in [1.82, 2.24) is 9.80 Å². The SMILES string of the molecule is CN1CCC(N(C)C2COCC2O)C1. The highest BCUT2D eigenvalue weighted by molar-refractivity contribution is 4.89. The summed E-state index contributed by atoms with van der Waals surface area (Å²) in [7, 11) is 4.25. The van der Waals surface area contributed by atoms with Crippen molar-refractivity contribution >= 4 is 0 Å². The zero-order chi connectivity index (χ0) is 10.1. The molecule has 0 radical (unpaired) electrons. The molecule has 14 heavy (non-hydrogen) atoms. The standard InChI is InChI=1S/C10H20N2O2/c1-11-4-3-8(5-11)12(2)9-6-14-7-10(9)13/h8-10,13H,3-7H2,1-2H3. The largest absolute Gasteiger partial charge is 0.389 e. The minimum absolute atomic E-state index is 0.200. The molecule has 0 bridgehead atoms. The van der Waals surface area contributed by atoms with E-state index in [9.17, 15) is 5.11 Å². The Balaban J connectivity index is 1.90. The van der Waals surface area contributed by atoms with E-state index in [0.717, 1.165) is 6.54 Å². The van der Waals surface area contributed by atoms with E-state index in [4.69, 9.17) is 4.74 Å². The molecule has 82 valence electrons. The lowest BCUT2D eigenvalue weighted by molar-refractivity contribution is 0.0751. The second-order valence-corrected chi connectivity index (χ2v) is 4.54. The first kappa shape index (κ1) is 10.4. The fourth-order valence-electron chi connectivity index (χ4n) is 2.44. The molecule has 3 atom stereocenters. The van der Waals surface area contributed by atoms with E-state index < -0.39 is 0 Å². The molecule has 2 fully saturated rings. The van der Waals surface area contributed by atoms with E-state index in [2.05, 4.69) is 23.9 Å². The van der Waals surface area contributed by atoms with Crippen LogP contribution in [0.1, 0.15) is 6.42 Å². The molecule has 2 saturated heterocycles. The van der Waals surface area contributed by atoms with Gasteiger partial charge in [-0.3, -0.25) is 4.90 Å². The van der Waals surface area contributed by atoms with E-state index in [1.165, 1.54) is 13.0 Å². The summed E-state index contributed by atoms with van der Waals surface area (Å²) in [4.78, 5) is 4.63. The zero-order valence-electron chi connectivity index (χ0n) is 9.02. The summed E-state index contributed by atoms with van der Waals surface area (Å²) in [5.74, 6) is 0. The average Bonchev–Trinajstić information content (AvgIpc) is 2.73. The van der Waals surface area contributed by atoms with Crippen molar-refractivity contribution in [3.05, 3.63) is 0 Å². The van der Waals surface area contributed by atoms with Crippen LogP contribution in [0.2, 0.25) is 0 Å². The van der Waals surface area contributed by atoms with Gasteiger partial charge in [0.2, 0.25) is 0 Å². The zero-order valence-corrected chi connectivity index (χ0v) is 9.02.